The molecular formula is C13H23N3O2S. The van der Waals surface area contributed by atoms with Crippen molar-refractivity contribution in [2.24, 2.45) is 5.73 Å². The summed E-state index contributed by atoms with van der Waals surface area (Å²) in [6.45, 7) is 4.54. The molecule has 0 aromatic heterocycles. The van der Waals surface area contributed by atoms with E-state index < -0.39 is 10.0 Å². The van der Waals surface area contributed by atoms with Gasteiger partial charge in [-0.1, -0.05) is 12.1 Å². The Morgan fingerprint density at radius 1 is 1.37 bits per heavy atom. The molecule has 0 heterocycles. The van der Waals surface area contributed by atoms with E-state index >= 15 is 0 Å². The largest absolute Gasteiger partial charge is 0.326 e. The average molecular weight is 285 g/mol. The van der Waals surface area contributed by atoms with Gasteiger partial charge < -0.3 is 10.6 Å². The highest BCUT2D eigenvalue weighted by Gasteiger charge is 2.18. The molecule has 1 rings (SSSR count). The number of rotatable bonds is 6. The van der Waals surface area contributed by atoms with E-state index in [0.29, 0.717) is 23.5 Å². The highest BCUT2D eigenvalue weighted by atomic mass is 32.2. The van der Waals surface area contributed by atoms with Crippen LogP contribution in [0.25, 0.3) is 0 Å². The standard InChI is InChI=1S/C13H23N3O2S/c1-10-7-12(8-14)5-6-13(10)19(17,18)15-9-11(2)16(3)4/h5-7,11,15H,8-9,14H2,1-4H3. The zero-order valence-electron chi connectivity index (χ0n) is 12.0. The second-order valence-corrected chi connectivity index (χ2v) is 6.70. The molecule has 0 radical (unpaired) electrons. The van der Waals surface area contributed by atoms with Gasteiger partial charge in [0, 0.05) is 19.1 Å². The van der Waals surface area contributed by atoms with Gasteiger partial charge in [-0.05, 0) is 45.1 Å². The van der Waals surface area contributed by atoms with Crippen LogP contribution in [-0.2, 0) is 16.6 Å². The molecule has 1 aromatic rings. The highest BCUT2D eigenvalue weighted by molar-refractivity contribution is 7.89. The summed E-state index contributed by atoms with van der Waals surface area (Å²) in [5, 5.41) is 0. The zero-order chi connectivity index (χ0) is 14.6. The normalized spacial score (nSPS) is 13.8. The van der Waals surface area contributed by atoms with Crippen LogP contribution < -0.4 is 10.5 Å². The molecular weight excluding hydrogens is 262 g/mol. The number of hydrogen-bond donors (Lipinski definition) is 2. The summed E-state index contributed by atoms with van der Waals surface area (Å²) in [4.78, 5) is 2.28. The highest BCUT2D eigenvalue weighted by Crippen LogP contribution is 2.16. The van der Waals surface area contributed by atoms with Gasteiger partial charge in [0.25, 0.3) is 0 Å². The van der Waals surface area contributed by atoms with Crippen LogP contribution in [0.1, 0.15) is 18.1 Å². The molecule has 0 saturated heterocycles. The first-order chi connectivity index (χ1) is 8.77. The Morgan fingerprint density at radius 2 is 2.00 bits per heavy atom. The monoisotopic (exact) mass is 285 g/mol. The number of hydrogen-bond acceptors (Lipinski definition) is 4. The third-order valence-corrected chi connectivity index (χ3v) is 4.80. The maximum Gasteiger partial charge on any atom is 0.240 e. The molecule has 0 aliphatic heterocycles. The minimum atomic E-state index is -3.46. The first kappa shape index (κ1) is 16.1. The van der Waals surface area contributed by atoms with Crippen molar-refractivity contribution in [3.8, 4) is 0 Å². The Labute approximate surface area is 115 Å². The fraction of sp³-hybridized carbons (Fsp3) is 0.538. The molecule has 0 bridgehead atoms. The van der Waals surface area contributed by atoms with E-state index in [2.05, 4.69) is 4.72 Å². The molecule has 1 aromatic carbocycles. The van der Waals surface area contributed by atoms with E-state index in [1.165, 1.54) is 0 Å². The Hall–Kier alpha value is -0.950. The zero-order valence-corrected chi connectivity index (χ0v) is 12.8. The molecule has 0 fully saturated rings. The third-order valence-electron chi connectivity index (χ3n) is 3.21. The predicted octanol–water partition coefficient (Wildman–Crippen LogP) is 0.682. The van der Waals surface area contributed by atoms with E-state index in [4.69, 9.17) is 5.73 Å². The molecule has 5 nitrogen and oxygen atoms in total. The molecule has 1 atom stereocenters. The Morgan fingerprint density at radius 3 is 2.47 bits per heavy atom. The third kappa shape index (κ3) is 4.28. The van der Waals surface area contributed by atoms with Gasteiger partial charge in [0.1, 0.15) is 0 Å². The molecule has 0 saturated carbocycles. The Bertz CT molecular complexity index is 527. The van der Waals surface area contributed by atoms with Crippen LogP contribution >= 0.6 is 0 Å². The van der Waals surface area contributed by atoms with Gasteiger partial charge in [0.05, 0.1) is 4.90 Å². The Kier molecular flexibility index (Phi) is 5.49. The fourth-order valence-electron chi connectivity index (χ4n) is 1.63. The summed E-state index contributed by atoms with van der Waals surface area (Å²) in [6.07, 6.45) is 0. The number of aryl methyl sites for hydroxylation is 1. The topological polar surface area (TPSA) is 75.4 Å². The van der Waals surface area contributed by atoms with Gasteiger partial charge in [0.15, 0.2) is 0 Å². The molecule has 0 amide bonds. The maximum absolute atomic E-state index is 12.2. The molecule has 0 aliphatic carbocycles. The number of sulfonamides is 1. The van der Waals surface area contributed by atoms with Crippen LogP contribution in [0, 0.1) is 6.92 Å². The van der Waals surface area contributed by atoms with Crippen molar-refractivity contribution in [3.63, 3.8) is 0 Å². The van der Waals surface area contributed by atoms with E-state index in [1.807, 2.05) is 32.0 Å². The van der Waals surface area contributed by atoms with E-state index in [9.17, 15) is 8.42 Å². The maximum atomic E-state index is 12.2. The first-order valence-electron chi connectivity index (χ1n) is 6.23. The van der Waals surface area contributed by atoms with Crippen molar-refractivity contribution >= 4 is 10.0 Å². The van der Waals surface area contributed by atoms with Gasteiger partial charge >= 0.3 is 0 Å². The molecule has 0 aliphatic rings. The number of likely N-dealkylation sites (N-methyl/N-ethyl adjacent to an activating group) is 1. The molecule has 0 spiro atoms. The van der Waals surface area contributed by atoms with E-state index in [-0.39, 0.29) is 6.04 Å². The van der Waals surface area contributed by atoms with Crippen molar-refractivity contribution in [2.75, 3.05) is 20.6 Å². The van der Waals surface area contributed by atoms with Crippen LogP contribution in [0.2, 0.25) is 0 Å². The van der Waals surface area contributed by atoms with Crippen LogP contribution in [-0.4, -0.2) is 40.0 Å². The summed E-state index contributed by atoms with van der Waals surface area (Å²) >= 11 is 0. The van der Waals surface area contributed by atoms with Gasteiger partial charge in [-0.3, -0.25) is 0 Å². The van der Waals surface area contributed by atoms with Crippen molar-refractivity contribution in [1.82, 2.24) is 9.62 Å². The number of nitrogens with zero attached hydrogens (tertiary/aromatic N) is 1. The quantitative estimate of drug-likeness (QED) is 0.806. The van der Waals surface area contributed by atoms with Crippen LogP contribution in [0.4, 0.5) is 0 Å². The molecule has 6 heteroatoms. The summed E-state index contributed by atoms with van der Waals surface area (Å²) < 4.78 is 27.1. The second-order valence-electron chi connectivity index (χ2n) is 4.97. The lowest BCUT2D eigenvalue weighted by molar-refractivity contribution is 0.314. The molecule has 3 N–H and O–H groups in total. The Balaban J connectivity index is 2.89. The lowest BCUT2D eigenvalue weighted by Gasteiger charge is -2.20. The fourth-order valence-corrected chi connectivity index (χ4v) is 2.98. The van der Waals surface area contributed by atoms with Crippen LogP contribution in [0.15, 0.2) is 23.1 Å². The number of nitrogens with one attached hydrogen (secondary N) is 1. The first-order valence-corrected chi connectivity index (χ1v) is 7.72. The minimum absolute atomic E-state index is 0.137. The van der Waals surface area contributed by atoms with E-state index in [0.717, 1.165) is 5.56 Å². The van der Waals surface area contributed by atoms with Crippen molar-refractivity contribution in [2.45, 2.75) is 31.3 Å². The van der Waals surface area contributed by atoms with Crippen LogP contribution in [0.5, 0.6) is 0 Å². The van der Waals surface area contributed by atoms with Crippen LogP contribution in [0.3, 0.4) is 0 Å². The summed E-state index contributed by atoms with van der Waals surface area (Å²) in [5.41, 5.74) is 7.18. The van der Waals surface area contributed by atoms with Gasteiger partial charge in [-0.2, -0.15) is 0 Å². The van der Waals surface area contributed by atoms with Crippen molar-refractivity contribution in [1.29, 1.82) is 0 Å². The number of benzene rings is 1. The molecule has 1 unspecified atom stereocenters. The molecule has 108 valence electrons. The van der Waals surface area contributed by atoms with Gasteiger partial charge in [-0.25, -0.2) is 13.1 Å². The van der Waals surface area contributed by atoms with Crippen molar-refractivity contribution < 1.29 is 8.42 Å². The summed E-state index contributed by atoms with van der Waals surface area (Å²) in [6, 6.07) is 5.31. The second kappa shape index (κ2) is 6.47. The lowest BCUT2D eigenvalue weighted by atomic mass is 10.1. The average Bonchev–Trinajstić information content (AvgIpc) is 2.35. The SMILES string of the molecule is Cc1cc(CN)ccc1S(=O)(=O)NCC(C)N(C)C. The lowest BCUT2D eigenvalue weighted by Crippen LogP contribution is -2.38. The van der Waals surface area contributed by atoms with Gasteiger partial charge in [-0.15, -0.1) is 0 Å². The van der Waals surface area contributed by atoms with Gasteiger partial charge in [0.2, 0.25) is 10.0 Å². The summed E-state index contributed by atoms with van der Waals surface area (Å²) in [5.74, 6) is 0. The molecule has 19 heavy (non-hydrogen) atoms. The smallest absolute Gasteiger partial charge is 0.240 e. The minimum Gasteiger partial charge on any atom is -0.326 e. The van der Waals surface area contributed by atoms with Crippen molar-refractivity contribution in [3.05, 3.63) is 29.3 Å². The number of nitrogens with two attached hydrogens (primary N) is 1. The van der Waals surface area contributed by atoms with E-state index in [1.54, 1.807) is 19.1 Å². The summed E-state index contributed by atoms with van der Waals surface area (Å²) in [7, 11) is 0.372. The predicted molar refractivity (Wildman–Crippen MR) is 77.4 cm³/mol.